The molecule has 84 valence electrons. The zero-order valence-corrected chi connectivity index (χ0v) is 11.4. The molecule has 0 fully saturated rings. The molecule has 1 N–H and O–H groups in total. The van der Waals surface area contributed by atoms with Crippen LogP contribution in [0.15, 0.2) is 17.5 Å². The minimum absolute atomic E-state index is 0.0261. The van der Waals surface area contributed by atoms with Gasteiger partial charge in [-0.2, -0.15) is 0 Å². The summed E-state index contributed by atoms with van der Waals surface area (Å²) in [6.07, 6.45) is 1.07. The van der Waals surface area contributed by atoms with E-state index in [-0.39, 0.29) is 5.91 Å². The molecule has 4 heteroatoms. The molecule has 1 unspecified atom stereocenters. The lowest BCUT2D eigenvalue weighted by atomic mass is 10.1. The molecule has 1 heterocycles. The number of carbonyl (C=O) groups excluding carboxylic acids is 1. The number of carbonyl (C=O) groups is 1. The van der Waals surface area contributed by atoms with Crippen molar-refractivity contribution in [3.63, 3.8) is 0 Å². The SMILES string of the molecule is CC(C)CC(Br)CNC(=O)c1cccs1. The predicted octanol–water partition coefficient (Wildman–Crippen LogP) is 3.29. The molecular weight excluding hydrogens is 274 g/mol. The topological polar surface area (TPSA) is 29.1 Å². The lowest BCUT2D eigenvalue weighted by Crippen LogP contribution is -2.29. The van der Waals surface area contributed by atoms with E-state index in [0.717, 1.165) is 11.3 Å². The van der Waals surface area contributed by atoms with Crippen LogP contribution in [0.2, 0.25) is 0 Å². The highest BCUT2D eigenvalue weighted by atomic mass is 79.9. The average Bonchev–Trinajstić information content (AvgIpc) is 2.65. The third-order valence-corrected chi connectivity index (χ3v) is 3.52. The zero-order valence-electron chi connectivity index (χ0n) is 9.00. The fourth-order valence-electron chi connectivity index (χ4n) is 1.29. The maximum absolute atomic E-state index is 11.6. The van der Waals surface area contributed by atoms with Gasteiger partial charge in [-0.05, 0) is 23.8 Å². The van der Waals surface area contributed by atoms with Crippen molar-refractivity contribution in [2.75, 3.05) is 6.54 Å². The summed E-state index contributed by atoms with van der Waals surface area (Å²) in [7, 11) is 0. The second kappa shape index (κ2) is 6.28. The van der Waals surface area contributed by atoms with Crippen LogP contribution >= 0.6 is 27.3 Å². The van der Waals surface area contributed by atoms with Crippen LogP contribution in [-0.4, -0.2) is 17.3 Å². The van der Waals surface area contributed by atoms with E-state index in [1.54, 1.807) is 0 Å². The minimum atomic E-state index is 0.0261. The first-order chi connectivity index (χ1) is 7.09. The number of halogens is 1. The van der Waals surface area contributed by atoms with E-state index in [2.05, 4.69) is 35.1 Å². The summed E-state index contributed by atoms with van der Waals surface area (Å²) in [6.45, 7) is 5.04. The van der Waals surface area contributed by atoms with Gasteiger partial charge in [-0.15, -0.1) is 11.3 Å². The van der Waals surface area contributed by atoms with Crippen molar-refractivity contribution >= 4 is 33.2 Å². The van der Waals surface area contributed by atoms with Gasteiger partial charge in [-0.1, -0.05) is 35.8 Å². The standard InChI is InChI=1S/C11H16BrNOS/c1-8(2)6-9(12)7-13-11(14)10-4-3-5-15-10/h3-5,8-9H,6-7H2,1-2H3,(H,13,14). The molecule has 1 atom stereocenters. The minimum Gasteiger partial charge on any atom is -0.350 e. The van der Waals surface area contributed by atoms with E-state index >= 15 is 0 Å². The van der Waals surface area contributed by atoms with Crippen molar-refractivity contribution in [1.29, 1.82) is 0 Å². The number of hydrogen-bond donors (Lipinski definition) is 1. The van der Waals surface area contributed by atoms with Crippen molar-refractivity contribution in [1.82, 2.24) is 5.32 Å². The summed E-state index contributed by atoms with van der Waals surface area (Å²) in [5, 5.41) is 4.83. The van der Waals surface area contributed by atoms with Crippen LogP contribution in [0, 0.1) is 5.92 Å². The Hall–Kier alpha value is -0.350. The molecule has 1 rings (SSSR count). The van der Waals surface area contributed by atoms with Crippen LogP contribution < -0.4 is 5.32 Å². The van der Waals surface area contributed by atoms with Crippen molar-refractivity contribution in [2.24, 2.45) is 5.92 Å². The van der Waals surface area contributed by atoms with E-state index < -0.39 is 0 Å². The molecule has 2 nitrogen and oxygen atoms in total. The van der Waals surface area contributed by atoms with Crippen LogP contribution in [0.1, 0.15) is 29.9 Å². The summed E-state index contributed by atoms with van der Waals surface area (Å²) in [4.78, 5) is 12.7. The van der Waals surface area contributed by atoms with E-state index in [1.807, 2.05) is 17.5 Å². The molecule has 0 aromatic carbocycles. The first kappa shape index (κ1) is 12.7. The van der Waals surface area contributed by atoms with Gasteiger partial charge in [-0.3, -0.25) is 4.79 Å². The average molecular weight is 290 g/mol. The molecule has 0 saturated carbocycles. The van der Waals surface area contributed by atoms with Gasteiger partial charge in [0.1, 0.15) is 0 Å². The van der Waals surface area contributed by atoms with Gasteiger partial charge < -0.3 is 5.32 Å². The molecule has 0 bridgehead atoms. The van der Waals surface area contributed by atoms with E-state index in [9.17, 15) is 4.79 Å². The number of thiophene rings is 1. The van der Waals surface area contributed by atoms with Crippen molar-refractivity contribution < 1.29 is 4.79 Å². The van der Waals surface area contributed by atoms with Crippen LogP contribution in [0.5, 0.6) is 0 Å². The van der Waals surface area contributed by atoms with Gasteiger partial charge in [0, 0.05) is 11.4 Å². The lowest BCUT2D eigenvalue weighted by Gasteiger charge is -2.12. The Morgan fingerprint density at radius 2 is 2.33 bits per heavy atom. The summed E-state index contributed by atoms with van der Waals surface area (Å²) in [5.41, 5.74) is 0. The normalized spacial score (nSPS) is 12.8. The predicted molar refractivity (Wildman–Crippen MR) is 68.8 cm³/mol. The summed E-state index contributed by atoms with van der Waals surface area (Å²) < 4.78 is 0. The molecule has 1 aromatic heterocycles. The van der Waals surface area contributed by atoms with Gasteiger partial charge in [-0.25, -0.2) is 0 Å². The molecule has 0 radical (unpaired) electrons. The Morgan fingerprint density at radius 1 is 1.60 bits per heavy atom. The Morgan fingerprint density at radius 3 is 2.87 bits per heavy atom. The number of hydrogen-bond acceptors (Lipinski definition) is 2. The Bertz CT molecular complexity index is 298. The first-order valence-electron chi connectivity index (χ1n) is 5.05. The third-order valence-electron chi connectivity index (χ3n) is 1.96. The maximum Gasteiger partial charge on any atom is 0.261 e. The molecule has 0 aliphatic carbocycles. The van der Waals surface area contributed by atoms with Crippen LogP contribution in [0.4, 0.5) is 0 Å². The number of nitrogens with one attached hydrogen (secondary N) is 1. The molecule has 0 spiro atoms. The Labute approximate surface area is 103 Å². The summed E-state index contributed by atoms with van der Waals surface area (Å²) >= 11 is 5.03. The van der Waals surface area contributed by atoms with Crippen LogP contribution in [0.3, 0.4) is 0 Å². The number of alkyl halides is 1. The van der Waals surface area contributed by atoms with Crippen LogP contribution in [-0.2, 0) is 0 Å². The molecular formula is C11H16BrNOS. The lowest BCUT2D eigenvalue weighted by molar-refractivity contribution is 0.0957. The molecule has 1 amide bonds. The Kier molecular flexibility index (Phi) is 5.32. The van der Waals surface area contributed by atoms with Crippen LogP contribution in [0.25, 0.3) is 0 Å². The van der Waals surface area contributed by atoms with Gasteiger partial charge >= 0.3 is 0 Å². The van der Waals surface area contributed by atoms with Gasteiger partial charge in [0.25, 0.3) is 5.91 Å². The second-order valence-corrected chi connectivity index (χ2v) is 6.16. The van der Waals surface area contributed by atoms with E-state index in [1.165, 1.54) is 11.3 Å². The van der Waals surface area contributed by atoms with Crippen molar-refractivity contribution in [3.8, 4) is 0 Å². The smallest absolute Gasteiger partial charge is 0.261 e. The third kappa shape index (κ3) is 4.80. The molecule has 0 saturated heterocycles. The van der Waals surface area contributed by atoms with E-state index in [0.29, 0.717) is 17.3 Å². The van der Waals surface area contributed by atoms with Crippen molar-refractivity contribution in [3.05, 3.63) is 22.4 Å². The Balaban J connectivity index is 2.28. The second-order valence-electron chi connectivity index (χ2n) is 3.91. The fourth-order valence-corrected chi connectivity index (χ4v) is 2.84. The summed E-state index contributed by atoms with van der Waals surface area (Å²) in [5.74, 6) is 0.672. The fraction of sp³-hybridized carbons (Fsp3) is 0.545. The molecule has 0 aliphatic rings. The highest BCUT2D eigenvalue weighted by Crippen LogP contribution is 2.12. The number of amides is 1. The summed E-state index contributed by atoms with van der Waals surface area (Å²) in [6, 6.07) is 3.73. The molecule has 1 aromatic rings. The highest BCUT2D eigenvalue weighted by molar-refractivity contribution is 9.09. The van der Waals surface area contributed by atoms with Gasteiger partial charge in [0.05, 0.1) is 4.88 Å². The zero-order chi connectivity index (χ0) is 11.3. The highest BCUT2D eigenvalue weighted by Gasteiger charge is 2.10. The van der Waals surface area contributed by atoms with Gasteiger partial charge in [0.2, 0.25) is 0 Å². The van der Waals surface area contributed by atoms with Crippen molar-refractivity contribution in [2.45, 2.75) is 25.1 Å². The van der Waals surface area contributed by atoms with E-state index in [4.69, 9.17) is 0 Å². The quantitative estimate of drug-likeness (QED) is 0.828. The molecule has 0 aliphatic heterocycles. The van der Waals surface area contributed by atoms with Gasteiger partial charge in [0.15, 0.2) is 0 Å². The largest absolute Gasteiger partial charge is 0.350 e. The monoisotopic (exact) mass is 289 g/mol. The first-order valence-corrected chi connectivity index (χ1v) is 6.85. The maximum atomic E-state index is 11.6. The molecule has 15 heavy (non-hydrogen) atoms. The number of rotatable bonds is 5.